The summed E-state index contributed by atoms with van der Waals surface area (Å²) in [5.74, 6) is -2.62. The summed E-state index contributed by atoms with van der Waals surface area (Å²) >= 11 is 0. The van der Waals surface area contributed by atoms with Crippen LogP contribution in [0, 0.1) is 0 Å². The summed E-state index contributed by atoms with van der Waals surface area (Å²) in [4.78, 5) is 0. The van der Waals surface area contributed by atoms with E-state index in [-0.39, 0.29) is 17.1 Å². The predicted octanol–water partition coefficient (Wildman–Crippen LogP) is -0.501. The molecule has 0 spiro atoms. The third-order valence-corrected chi connectivity index (χ3v) is 2.55. The maximum Gasteiger partial charge on any atom is 3.00 e. The molecule has 7 heteroatoms. The van der Waals surface area contributed by atoms with E-state index in [1.54, 1.807) is 36.4 Å². The SMILES string of the molecule is [Fe+3].[O-]c1ccccc1[O-].[O-]c1ccccc1[O-].[O-]c1ccccc1[O-]. The number of para-hydroxylation sites is 6. The van der Waals surface area contributed by atoms with E-state index in [0.717, 1.165) is 0 Å². The number of hydrogen-bond acceptors (Lipinski definition) is 6. The van der Waals surface area contributed by atoms with Gasteiger partial charge in [0.2, 0.25) is 0 Å². The Morgan fingerprint density at radius 3 is 0.520 bits per heavy atom. The van der Waals surface area contributed by atoms with Gasteiger partial charge in [-0.15, -0.1) is 34.5 Å². The molecule has 3 aromatic carbocycles. The van der Waals surface area contributed by atoms with Gasteiger partial charge in [-0.1, -0.05) is 72.8 Å². The molecule has 0 aromatic heterocycles. The van der Waals surface area contributed by atoms with Gasteiger partial charge in [0.15, 0.2) is 0 Å². The molecule has 25 heavy (non-hydrogen) atoms. The minimum Gasteiger partial charge on any atom is -0.873 e. The number of rotatable bonds is 0. The second-order valence-electron chi connectivity index (χ2n) is 4.34. The molecule has 0 unspecified atom stereocenters. The molecule has 131 valence electrons. The summed E-state index contributed by atoms with van der Waals surface area (Å²) in [5.41, 5.74) is 0. The van der Waals surface area contributed by atoms with Crippen LogP contribution in [0.15, 0.2) is 72.8 Å². The zero-order valence-corrected chi connectivity index (χ0v) is 13.8. The Hall–Kier alpha value is -3.02. The van der Waals surface area contributed by atoms with Crippen molar-refractivity contribution in [2.45, 2.75) is 0 Å². The third kappa shape index (κ3) is 8.41. The molecule has 1 radical (unpaired) electrons. The van der Waals surface area contributed by atoms with Crippen LogP contribution in [0.3, 0.4) is 0 Å². The van der Waals surface area contributed by atoms with Crippen molar-refractivity contribution in [3.05, 3.63) is 72.8 Å². The molecule has 0 saturated heterocycles. The summed E-state index contributed by atoms with van der Waals surface area (Å²) in [6.07, 6.45) is 0. The van der Waals surface area contributed by atoms with Crippen molar-refractivity contribution in [3.63, 3.8) is 0 Å². The van der Waals surface area contributed by atoms with Gasteiger partial charge in [-0.25, -0.2) is 0 Å². The largest absolute Gasteiger partial charge is 3.00 e. The number of benzene rings is 3. The standard InChI is InChI=1S/3C6H6O2.Fe/c3*7-5-3-1-2-4-6(5)8;/h3*1-4,7-8H;/q;;;+3/p-6. The van der Waals surface area contributed by atoms with Gasteiger partial charge >= 0.3 is 17.1 Å². The molecule has 0 fully saturated rings. The molecule has 0 aliphatic carbocycles. The van der Waals surface area contributed by atoms with Crippen molar-refractivity contribution in [1.29, 1.82) is 0 Å². The second kappa shape index (κ2) is 11.5. The minimum absolute atomic E-state index is 0. The summed E-state index contributed by atoms with van der Waals surface area (Å²) in [6.45, 7) is 0. The van der Waals surface area contributed by atoms with Crippen molar-refractivity contribution in [1.82, 2.24) is 0 Å². The fraction of sp³-hybridized carbons (Fsp3) is 0. The molecular formula is C18H12FeO6-3. The molecule has 6 nitrogen and oxygen atoms in total. The van der Waals surface area contributed by atoms with Crippen LogP contribution in [0.25, 0.3) is 0 Å². The Bertz CT molecular complexity index is 597. The Labute approximate surface area is 155 Å². The maximum absolute atomic E-state index is 10.3. The molecule has 0 saturated carbocycles. The van der Waals surface area contributed by atoms with E-state index in [0.29, 0.717) is 0 Å². The Balaban J connectivity index is 0.000000339. The predicted molar refractivity (Wildman–Crippen MR) is 76.0 cm³/mol. The second-order valence-corrected chi connectivity index (χ2v) is 4.34. The van der Waals surface area contributed by atoms with Crippen LogP contribution in [0.4, 0.5) is 0 Å². The molecular weight excluding hydrogens is 368 g/mol. The van der Waals surface area contributed by atoms with E-state index in [2.05, 4.69) is 0 Å². The van der Waals surface area contributed by atoms with E-state index < -0.39 is 34.5 Å². The van der Waals surface area contributed by atoms with Crippen LogP contribution >= 0.6 is 0 Å². The van der Waals surface area contributed by atoms with E-state index in [9.17, 15) is 30.6 Å². The first kappa shape index (κ1) is 22.0. The fourth-order valence-electron chi connectivity index (χ4n) is 1.35. The smallest absolute Gasteiger partial charge is 0.873 e. The van der Waals surface area contributed by atoms with Crippen LogP contribution in [-0.2, 0) is 17.1 Å². The molecule has 0 amide bonds. The Kier molecular flexibility index (Phi) is 10.1. The topological polar surface area (TPSA) is 138 Å². The van der Waals surface area contributed by atoms with Gasteiger partial charge in [0.25, 0.3) is 0 Å². The molecule has 0 heterocycles. The quantitative estimate of drug-likeness (QED) is 0.482. The van der Waals surface area contributed by atoms with Crippen molar-refractivity contribution in [3.8, 4) is 34.5 Å². The summed E-state index contributed by atoms with van der Waals surface area (Å²) < 4.78 is 0. The van der Waals surface area contributed by atoms with E-state index >= 15 is 0 Å². The van der Waals surface area contributed by atoms with Crippen molar-refractivity contribution in [2.75, 3.05) is 0 Å². The van der Waals surface area contributed by atoms with Crippen LogP contribution in [0.5, 0.6) is 34.5 Å². The van der Waals surface area contributed by atoms with Gasteiger partial charge in [-0.3, -0.25) is 0 Å². The monoisotopic (exact) mass is 380 g/mol. The van der Waals surface area contributed by atoms with Crippen LogP contribution in [-0.4, -0.2) is 0 Å². The average molecular weight is 380 g/mol. The van der Waals surface area contributed by atoms with Crippen molar-refractivity contribution in [2.24, 2.45) is 0 Å². The first-order valence-electron chi connectivity index (χ1n) is 6.71. The van der Waals surface area contributed by atoms with E-state index in [1.807, 2.05) is 0 Å². The summed E-state index contributed by atoms with van der Waals surface area (Å²) in [6, 6.07) is 16.8. The van der Waals surface area contributed by atoms with Crippen LogP contribution in [0.2, 0.25) is 0 Å². The molecule has 0 atom stereocenters. The van der Waals surface area contributed by atoms with Crippen LogP contribution < -0.4 is 30.6 Å². The van der Waals surface area contributed by atoms with Gasteiger partial charge in [-0.05, 0) is 0 Å². The molecule has 0 aliphatic rings. The first-order valence-corrected chi connectivity index (χ1v) is 6.71. The van der Waals surface area contributed by atoms with Gasteiger partial charge in [-0.2, -0.15) is 0 Å². The zero-order chi connectivity index (χ0) is 17.9. The summed E-state index contributed by atoms with van der Waals surface area (Å²) in [5, 5.41) is 61.8. The molecule has 0 aliphatic heterocycles. The zero-order valence-electron chi connectivity index (χ0n) is 12.7. The average Bonchev–Trinajstić information content (AvgIpc) is 2.57. The minimum atomic E-state index is -0.437. The Morgan fingerprint density at radius 2 is 0.440 bits per heavy atom. The van der Waals surface area contributed by atoms with Gasteiger partial charge < -0.3 is 30.6 Å². The maximum atomic E-state index is 10.3. The molecule has 0 bridgehead atoms. The third-order valence-electron chi connectivity index (χ3n) is 2.55. The van der Waals surface area contributed by atoms with E-state index in [1.165, 1.54) is 36.4 Å². The fourth-order valence-corrected chi connectivity index (χ4v) is 1.35. The normalized spacial score (nSPS) is 8.64. The van der Waals surface area contributed by atoms with Gasteiger partial charge in [0, 0.05) is 0 Å². The first-order chi connectivity index (χ1) is 11.4. The van der Waals surface area contributed by atoms with E-state index in [4.69, 9.17) is 0 Å². The number of hydrogen-bond donors (Lipinski definition) is 0. The summed E-state index contributed by atoms with van der Waals surface area (Å²) in [7, 11) is 0. The van der Waals surface area contributed by atoms with Gasteiger partial charge in [0.1, 0.15) is 0 Å². The van der Waals surface area contributed by atoms with Crippen molar-refractivity contribution < 1.29 is 47.7 Å². The van der Waals surface area contributed by atoms with Gasteiger partial charge in [0.05, 0.1) is 0 Å². The molecule has 0 N–H and O–H groups in total. The Morgan fingerprint density at radius 1 is 0.320 bits per heavy atom. The molecule has 3 rings (SSSR count). The van der Waals surface area contributed by atoms with Crippen molar-refractivity contribution >= 4 is 0 Å². The van der Waals surface area contributed by atoms with Crippen LogP contribution in [0.1, 0.15) is 0 Å². The molecule has 3 aromatic rings.